The monoisotopic (exact) mass is 500 g/mol. The van der Waals surface area contributed by atoms with Gasteiger partial charge in [-0.15, -0.1) is 0 Å². The van der Waals surface area contributed by atoms with Gasteiger partial charge in [-0.25, -0.2) is 0 Å². The number of hydrogen-bond acceptors (Lipinski definition) is 8. The van der Waals surface area contributed by atoms with Crippen LogP contribution in [0.1, 0.15) is 33.6 Å². The quantitative estimate of drug-likeness (QED) is 0.184. The molecule has 0 aliphatic carbocycles. The standard InChI is InChI=1S/C22H40N6O5S/c1-17(22-27-10-14-33-22)16-34-15-13-28(11-4-20(31)25-8-6-23-18(2)29)12-5-21(32)26-9-7-24-19(3)30/h17H,4-16H2,1-3H3,(H,23,29)(H,24,30)(H,25,31)(H,26,32). The summed E-state index contributed by atoms with van der Waals surface area (Å²) in [5.74, 6) is 2.43. The first-order valence-corrected chi connectivity index (χ1v) is 12.9. The molecule has 0 saturated carbocycles. The van der Waals surface area contributed by atoms with Gasteiger partial charge in [0.15, 0.2) is 5.90 Å². The summed E-state index contributed by atoms with van der Waals surface area (Å²) >= 11 is 1.80. The van der Waals surface area contributed by atoms with Gasteiger partial charge in [-0.2, -0.15) is 11.8 Å². The molecule has 0 radical (unpaired) electrons. The molecule has 1 unspecified atom stereocenters. The lowest BCUT2D eigenvalue weighted by atomic mass is 10.2. The zero-order valence-corrected chi connectivity index (χ0v) is 21.4. The fraction of sp³-hybridized carbons (Fsp3) is 0.773. The molecule has 0 aromatic carbocycles. The summed E-state index contributed by atoms with van der Waals surface area (Å²) in [5.41, 5.74) is 0. The van der Waals surface area contributed by atoms with Crippen molar-refractivity contribution in [3.8, 4) is 0 Å². The van der Waals surface area contributed by atoms with E-state index < -0.39 is 0 Å². The molecule has 1 aliphatic heterocycles. The zero-order chi connectivity index (χ0) is 25.2. The summed E-state index contributed by atoms with van der Waals surface area (Å²) in [7, 11) is 0. The molecule has 0 fully saturated rings. The Kier molecular flexibility index (Phi) is 15.8. The SMILES string of the molecule is CC(=O)NCCNC(=O)CCN(CCSCC(C)C1=NCCO1)CCC(=O)NCCNC(C)=O. The van der Waals surface area contributed by atoms with Crippen LogP contribution in [0.25, 0.3) is 0 Å². The van der Waals surface area contributed by atoms with Gasteiger partial charge in [0.2, 0.25) is 23.6 Å². The second-order valence-electron chi connectivity index (χ2n) is 8.05. The largest absolute Gasteiger partial charge is 0.479 e. The number of carbonyl (C=O) groups is 4. The van der Waals surface area contributed by atoms with Gasteiger partial charge in [0.05, 0.1) is 6.54 Å². The van der Waals surface area contributed by atoms with Crippen molar-refractivity contribution < 1.29 is 23.9 Å². The maximum Gasteiger partial charge on any atom is 0.221 e. The summed E-state index contributed by atoms with van der Waals surface area (Å²) in [6.45, 7) is 9.76. The molecule has 4 amide bonds. The van der Waals surface area contributed by atoms with Crippen LogP contribution in [-0.2, 0) is 23.9 Å². The van der Waals surface area contributed by atoms with Crippen molar-refractivity contribution in [2.24, 2.45) is 10.9 Å². The van der Waals surface area contributed by atoms with E-state index in [0.717, 1.165) is 30.5 Å². The number of ether oxygens (including phenoxy) is 1. The maximum absolute atomic E-state index is 12.1. The van der Waals surface area contributed by atoms with Gasteiger partial charge < -0.3 is 30.9 Å². The van der Waals surface area contributed by atoms with Crippen LogP contribution in [-0.4, -0.2) is 105 Å². The number of amides is 4. The predicted molar refractivity (Wildman–Crippen MR) is 134 cm³/mol. The minimum atomic E-state index is -0.130. The van der Waals surface area contributed by atoms with Crippen LogP contribution in [0.3, 0.4) is 0 Å². The fourth-order valence-corrected chi connectivity index (χ4v) is 4.14. The molecule has 194 valence electrons. The summed E-state index contributed by atoms with van der Waals surface area (Å²) < 4.78 is 5.52. The average molecular weight is 501 g/mol. The number of hydrogen-bond donors (Lipinski definition) is 4. The lowest BCUT2D eigenvalue weighted by molar-refractivity contribution is -0.122. The van der Waals surface area contributed by atoms with Crippen LogP contribution in [0.5, 0.6) is 0 Å². The molecule has 1 heterocycles. The number of nitrogens with one attached hydrogen (secondary N) is 4. The highest BCUT2D eigenvalue weighted by atomic mass is 32.2. The van der Waals surface area contributed by atoms with E-state index in [-0.39, 0.29) is 29.5 Å². The molecule has 1 aliphatic rings. The Morgan fingerprint density at radius 1 is 0.912 bits per heavy atom. The van der Waals surface area contributed by atoms with Crippen LogP contribution >= 0.6 is 11.8 Å². The van der Waals surface area contributed by atoms with Crippen molar-refractivity contribution >= 4 is 41.3 Å². The molecular weight excluding hydrogens is 460 g/mol. The molecule has 1 atom stereocenters. The number of thioether (sulfide) groups is 1. The molecule has 0 spiro atoms. The second-order valence-corrected chi connectivity index (χ2v) is 9.20. The van der Waals surface area contributed by atoms with E-state index in [9.17, 15) is 19.2 Å². The van der Waals surface area contributed by atoms with Crippen LogP contribution < -0.4 is 21.3 Å². The molecule has 11 nitrogen and oxygen atoms in total. The molecule has 0 aromatic heterocycles. The number of rotatable bonds is 18. The third kappa shape index (κ3) is 15.5. The molecule has 1 rings (SSSR count). The van der Waals surface area contributed by atoms with Gasteiger partial charge in [-0.1, -0.05) is 6.92 Å². The highest BCUT2D eigenvalue weighted by Gasteiger charge is 2.16. The lowest BCUT2D eigenvalue weighted by Gasteiger charge is -2.22. The third-order valence-corrected chi connectivity index (χ3v) is 6.11. The molecule has 0 bridgehead atoms. The Labute approximate surface area is 206 Å². The number of nitrogens with zero attached hydrogens (tertiary/aromatic N) is 2. The van der Waals surface area contributed by atoms with Crippen molar-refractivity contribution in [1.82, 2.24) is 26.2 Å². The van der Waals surface area contributed by atoms with E-state index in [2.05, 4.69) is 38.1 Å². The first-order valence-electron chi connectivity index (χ1n) is 11.8. The molecule has 4 N–H and O–H groups in total. The Bertz CT molecular complexity index is 653. The molecule has 12 heteroatoms. The normalized spacial score (nSPS) is 13.6. The van der Waals surface area contributed by atoms with Crippen molar-refractivity contribution in [3.63, 3.8) is 0 Å². The van der Waals surface area contributed by atoms with E-state index in [4.69, 9.17) is 4.74 Å². The molecule has 0 saturated heterocycles. The van der Waals surface area contributed by atoms with Gasteiger partial charge in [0, 0.05) is 89.9 Å². The van der Waals surface area contributed by atoms with Crippen LogP contribution in [0.15, 0.2) is 4.99 Å². The van der Waals surface area contributed by atoms with Gasteiger partial charge in [-0.05, 0) is 0 Å². The van der Waals surface area contributed by atoms with E-state index in [1.165, 1.54) is 13.8 Å². The number of carbonyl (C=O) groups excluding carboxylic acids is 4. The first kappa shape index (κ1) is 29.7. The summed E-state index contributed by atoms with van der Waals surface area (Å²) in [6, 6.07) is 0. The zero-order valence-electron chi connectivity index (χ0n) is 20.6. The van der Waals surface area contributed by atoms with Crippen LogP contribution in [0, 0.1) is 5.92 Å². The topological polar surface area (TPSA) is 141 Å². The van der Waals surface area contributed by atoms with Gasteiger partial charge >= 0.3 is 0 Å². The molecular formula is C22H40N6O5S. The highest BCUT2D eigenvalue weighted by molar-refractivity contribution is 7.99. The van der Waals surface area contributed by atoms with Crippen LogP contribution in [0.2, 0.25) is 0 Å². The average Bonchev–Trinajstić information content (AvgIpc) is 3.33. The van der Waals surface area contributed by atoms with E-state index in [0.29, 0.717) is 58.7 Å². The van der Waals surface area contributed by atoms with Crippen molar-refractivity contribution in [2.45, 2.75) is 33.6 Å². The highest BCUT2D eigenvalue weighted by Crippen LogP contribution is 2.14. The molecule has 0 aromatic rings. The summed E-state index contributed by atoms with van der Waals surface area (Å²) in [4.78, 5) is 52.5. The predicted octanol–water partition coefficient (Wildman–Crippen LogP) is -0.629. The van der Waals surface area contributed by atoms with Crippen molar-refractivity contribution in [1.29, 1.82) is 0 Å². The van der Waals surface area contributed by atoms with Crippen molar-refractivity contribution in [3.05, 3.63) is 0 Å². The molecule has 34 heavy (non-hydrogen) atoms. The smallest absolute Gasteiger partial charge is 0.221 e. The summed E-state index contributed by atoms with van der Waals surface area (Å²) in [5, 5.41) is 10.9. The van der Waals surface area contributed by atoms with Crippen LogP contribution in [0.4, 0.5) is 0 Å². The third-order valence-electron chi connectivity index (χ3n) is 4.90. The van der Waals surface area contributed by atoms with E-state index in [1.807, 2.05) is 0 Å². The summed E-state index contributed by atoms with van der Waals surface area (Å²) in [6.07, 6.45) is 0.631. The maximum atomic E-state index is 12.1. The Balaban J connectivity index is 2.37. The van der Waals surface area contributed by atoms with E-state index in [1.54, 1.807) is 11.8 Å². The van der Waals surface area contributed by atoms with Gasteiger partial charge in [0.25, 0.3) is 0 Å². The fourth-order valence-electron chi connectivity index (χ4n) is 3.09. The Morgan fingerprint density at radius 3 is 1.91 bits per heavy atom. The second kappa shape index (κ2) is 18.0. The Morgan fingerprint density at radius 2 is 1.44 bits per heavy atom. The van der Waals surface area contributed by atoms with E-state index >= 15 is 0 Å². The number of aliphatic imine (C=N–C) groups is 1. The Hall–Kier alpha value is -2.34. The van der Waals surface area contributed by atoms with Gasteiger partial charge in [0.1, 0.15) is 6.61 Å². The van der Waals surface area contributed by atoms with Crippen molar-refractivity contribution in [2.75, 3.05) is 70.5 Å². The minimum absolute atomic E-state index is 0.0900. The minimum Gasteiger partial charge on any atom is -0.479 e. The van der Waals surface area contributed by atoms with Gasteiger partial charge in [-0.3, -0.25) is 24.2 Å². The lowest BCUT2D eigenvalue weighted by Crippen LogP contribution is -2.38. The first-order chi connectivity index (χ1) is 16.3.